The molecule has 4 heteroatoms. The number of para-hydroxylation sites is 1. The standard InChI is InChI=1S/C15H14N2OS/c18-15-17(13-8-4-5-9-14(13)19-15)11-16-10-12-6-2-1-3-7-12/h1-9,16H,10-11H2/p+1. The summed E-state index contributed by atoms with van der Waals surface area (Å²) >= 11 is 1.31. The van der Waals surface area contributed by atoms with Crippen molar-refractivity contribution in [3.05, 3.63) is 69.8 Å². The molecule has 0 spiro atoms. The van der Waals surface area contributed by atoms with Crippen LogP contribution in [-0.2, 0) is 13.2 Å². The summed E-state index contributed by atoms with van der Waals surface area (Å²) < 4.78 is 2.89. The molecule has 3 rings (SSSR count). The van der Waals surface area contributed by atoms with Crippen molar-refractivity contribution in [1.82, 2.24) is 4.57 Å². The summed E-state index contributed by atoms with van der Waals surface area (Å²) in [4.78, 5) is 12.1. The first kappa shape index (κ1) is 12.1. The van der Waals surface area contributed by atoms with Crippen LogP contribution in [0.25, 0.3) is 10.2 Å². The van der Waals surface area contributed by atoms with Crippen molar-refractivity contribution >= 4 is 21.6 Å². The van der Waals surface area contributed by atoms with Crippen molar-refractivity contribution < 1.29 is 5.32 Å². The molecule has 0 fully saturated rings. The predicted molar refractivity (Wildman–Crippen MR) is 78.2 cm³/mol. The van der Waals surface area contributed by atoms with E-state index in [9.17, 15) is 4.79 Å². The molecular weight excluding hydrogens is 256 g/mol. The zero-order valence-corrected chi connectivity index (χ0v) is 11.3. The second-order valence-electron chi connectivity index (χ2n) is 4.42. The fourth-order valence-electron chi connectivity index (χ4n) is 2.16. The highest BCUT2D eigenvalue weighted by Crippen LogP contribution is 2.15. The number of thiazole rings is 1. The fourth-order valence-corrected chi connectivity index (χ4v) is 3.06. The molecular formula is C15H15N2OS+. The van der Waals surface area contributed by atoms with Gasteiger partial charge in [-0.15, -0.1) is 0 Å². The largest absolute Gasteiger partial charge is 0.325 e. The van der Waals surface area contributed by atoms with Gasteiger partial charge in [-0.05, 0) is 12.1 Å². The average Bonchev–Trinajstić information content (AvgIpc) is 2.76. The van der Waals surface area contributed by atoms with Gasteiger partial charge in [0.15, 0.2) is 6.67 Å². The minimum atomic E-state index is 0.116. The fraction of sp³-hybridized carbons (Fsp3) is 0.133. The molecule has 96 valence electrons. The Labute approximate surface area is 115 Å². The average molecular weight is 271 g/mol. The second kappa shape index (κ2) is 5.38. The smallest absolute Gasteiger partial charge is 0.312 e. The molecule has 2 N–H and O–H groups in total. The van der Waals surface area contributed by atoms with Gasteiger partial charge >= 0.3 is 4.87 Å². The maximum absolute atomic E-state index is 11.9. The molecule has 0 aliphatic rings. The Hall–Kier alpha value is -1.91. The zero-order valence-electron chi connectivity index (χ0n) is 10.5. The van der Waals surface area contributed by atoms with Crippen molar-refractivity contribution in [1.29, 1.82) is 0 Å². The number of hydrogen-bond donors (Lipinski definition) is 1. The molecule has 1 aromatic heterocycles. The molecule has 0 aliphatic heterocycles. The predicted octanol–water partition coefficient (Wildman–Crippen LogP) is 1.78. The third kappa shape index (κ3) is 2.59. The SMILES string of the molecule is O=c1sc2ccccc2n1C[NH2+]Cc1ccccc1. The van der Waals surface area contributed by atoms with Crippen LogP contribution in [0.1, 0.15) is 5.56 Å². The molecule has 0 bridgehead atoms. The molecule has 3 nitrogen and oxygen atoms in total. The Balaban J connectivity index is 1.75. The van der Waals surface area contributed by atoms with Crippen LogP contribution in [0.3, 0.4) is 0 Å². The van der Waals surface area contributed by atoms with Gasteiger partial charge in [0, 0.05) is 5.56 Å². The van der Waals surface area contributed by atoms with Gasteiger partial charge in [0.1, 0.15) is 6.54 Å². The number of benzene rings is 2. The Kier molecular flexibility index (Phi) is 3.44. The zero-order chi connectivity index (χ0) is 13.1. The molecule has 19 heavy (non-hydrogen) atoms. The van der Waals surface area contributed by atoms with Crippen molar-refractivity contribution in [2.45, 2.75) is 13.2 Å². The lowest BCUT2D eigenvalue weighted by molar-refractivity contribution is -0.698. The highest BCUT2D eigenvalue weighted by molar-refractivity contribution is 7.16. The third-order valence-corrected chi connectivity index (χ3v) is 4.07. The van der Waals surface area contributed by atoms with E-state index < -0.39 is 0 Å². The Morgan fingerprint density at radius 2 is 1.74 bits per heavy atom. The summed E-state index contributed by atoms with van der Waals surface area (Å²) in [5.74, 6) is 0. The van der Waals surface area contributed by atoms with Crippen LogP contribution >= 0.6 is 11.3 Å². The van der Waals surface area contributed by atoms with Gasteiger partial charge in [-0.3, -0.25) is 9.36 Å². The summed E-state index contributed by atoms with van der Waals surface area (Å²) in [5, 5.41) is 2.15. The number of rotatable bonds is 4. The lowest BCUT2D eigenvalue weighted by Crippen LogP contribution is -2.82. The van der Waals surface area contributed by atoms with Crippen LogP contribution in [0.5, 0.6) is 0 Å². The first-order chi connectivity index (χ1) is 9.34. The highest BCUT2D eigenvalue weighted by atomic mass is 32.1. The van der Waals surface area contributed by atoms with Crippen molar-refractivity contribution in [3.63, 3.8) is 0 Å². The van der Waals surface area contributed by atoms with Gasteiger partial charge < -0.3 is 5.32 Å². The van der Waals surface area contributed by atoms with Crippen molar-refractivity contribution in [3.8, 4) is 0 Å². The number of aromatic nitrogens is 1. The van der Waals surface area contributed by atoms with Gasteiger partial charge in [0.25, 0.3) is 0 Å². The van der Waals surface area contributed by atoms with E-state index in [1.165, 1.54) is 16.9 Å². The molecule has 0 amide bonds. The summed E-state index contributed by atoms with van der Waals surface area (Å²) in [6, 6.07) is 18.2. The van der Waals surface area contributed by atoms with E-state index in [-0.39, 0.29) is 4.87 Å². The minimum absolute atomic E-state index is 0.116. The topological polar surface area (TPSA) is 38.6 Å². The number of nitrogens with two attached hydrogens (primary N) is 1. The maximum Gasteiger partial charge on any atom is 0.312 e. The molecule has 0 aliphatic carbocycles. The van der Waals surface area contributed by atoms with E-state index in [1.807, 2.05) is 47.0 Å². The third-order valence-electron chi connectivity index (χ3n) is 3.11. The molecule has 2 aromatic carbocycles. The molecule has 0 atom stereocenters. The first-order valence-corrected chi connectivity index (χ1v) is 7.10. The van der Waals surface area contributed by atoms with Gasteiger partial charge in [-0.1, -0.05) is 53.8 Å². The van der Waals surface area contributed by atoms with Crippen LogP contribution in [0, 0.1) is 0 Å². The summed E-state index contributed by atoms with van der Waals surface area (Å²) in [5.41, 5.74) is 2.30. The Morgan fingerprint density at radius 3 is 2.58 bits per heavy atom. The molecule has 1 heterocycles. The first-order valence-electron chi connectivity index (χ1n) is 6.28. The number of fused-ring (bicyclic) bond motifs is 1. The van der Waals surface area contributed by atoms with E-state index in [4.69, 9.17) is 0 Å². The van der Waals surface area contributed by atoms with Crippen LogP contribution < -0.4 is 10.2 Å². The summed E-state index contributed by atoms with van der Waals surface area (Å²) in [6.07, 6.45) is 0. The van der Waals surface area contributed by atoms with Crippen LogP contribution in [0.2, 0.25) is 0 Å². The van der Waals surface area contributed by atoms with Crippen LogP contribution in [0.4, 0.5) is 0 Å². The maximum atomic E-state index is 11.9. The minimum Gasteiger partial charge on any atom is -0.325 e. The highest BCUT2D eigenvalue weighted by Gasteiger charge is 2.07. The lowest BCUT2D eigenvalue weighted by atomic mass is 10.2. The number of quaternary nitrogens is 1. The Bertz CT molecular complexity index is 730. The van der Waals surface area contributed by atoms with E-state index in [0.29, 0.717) is 6.67 Å². The summed E-state index contributed by atoms with van der Waals surface area (Å²) in [6.45, 7) is 1.55. The van der Waals surface area contributed by atoms with Gasteiger partial charge in [-0.2, -0.15) is 0 Å². The van der Waals surface area contributed by atoms with Gasteiger partial charge in [0.05, 0.1) is 10.2 Å². The van der Waals surface area contributed by atoms with E-state index >= 15 is 0 Å². The quantitative estimate of drug-likeness (QED) is 0.772. The van der Waals surface area contributed by atoms with E-state index in [2.05, 4.69) is 17.4 Å². The van der Waals surface area contributed by atoms with Gasteiger partial charge in [-0.25, -0.2) is 0 Å². The van der Waals surface area contributed by atoms with Crippen molar-refractivity contribution in [2.24, 2.45) is 0 Å². The van der Waals surface area contributed by atoms with Crippen molar-refractivity contribution in [2.75, 3.05) is 0 Å². The van der Waals surface area contributed by atoms with Crippen LogP contribution in [-0.4, -0.2) is 4.57 Å². The van der Waals surface area contributed by atoms with E-state index in [1.54, 1.807) is 0 Å². The normalized spacial score (nSPS) is 10.9. The molecule has 3 aromatic rings. The number of hydrogen-bond acceptors (Lipinski definition) is 2. The molecule has 0 saturated heterocycles. The van der Waals surface area contributed by atoms with Gasteiger partial charge in [0.2, 0.25) is 0 Å². The lowest BCUT2D eigenvalue weighted by Gasteiger charge is -2.03. The molecule has 0 radical (unpaired) electrons. The molecule has 0 unspecified atom stereocenters. The molecule has 0 saturated carbocycles. The summed E-state index contributed by atoms with van der Waals surface area (Å²) in [7, 11) is 0. The Morgan fingerprint density at radius 1 is 1.00 bits per heavy atom. The van der Waals surface area contributed by atoms with E-state index in [0.717, 1.165) is 16.8 Å². The second-order valence-corrected chi connectivity index (χ2v) is 5.42. The number of nitrogens with zero attached hydrogens (tertiary/aromatic N) is 1. The van der Waals surface area contributed by atoms with Crippen LogP contribution in [0.15, 0.2) is 59.4 Å². The monoisotopic (exact) mass is 271 g/mol.